The van der Waals surface area contributed by atoms with Crippen molar-refractivity contribution in [1.82, 2.24) is 0 Å². The maximum absolute atomic E-state index is 12.6. The molecule has 3 rings (SSSR count). The second-order valence-electron chi connectivity index (χ2n) is 5.57. The second kappa shape index (κ2) is 5.93. The fourth-order valence-corrected chi connectivity index (χ4v) is 2.91. The van der Waals surface area contributed by atoms with E-state index in [0.717, 1.165) is 16.8 Å². The van der Waals surface area contributed by atoms with Crippen molar-refractivity contribution in [2.45, 2.75) is 26.3 Å². The molecule has 112 valence electrons. The summed E-state index contributed by atoms with van der Waals surface area (Å²) in [5.74, 6) is -0.00753. The van der Waals surface area contributed by atoms with Crippen LogP contribution in [0.1, 0.15) is 16.7 Å². The maximum Gasteiger partial charge on any atom is 0.257 e. The van der Waals surface area contributed by atoms with Gasteiger partial charge in [0.2, 0.25) is 0 Å². The molecule has 0 saturated heterocycles. The molecule has 0 saturated carbocycles. The highest BCUT2D eigenvalue weighted by Crippen LogP contribution is 2.26. The van der Waals surface area contributed by atoms with Crippen molar-refractivity contribution in [3.8, 4) is 0 Å². The molecule has 0 aromatic heterocycles. The molecule has 0 aliphatic carbocycles. The van der Waals surface area contributed by atoms with E-state index in [1.807, 2.05) is 50.2 Å². The number of benzene rings is 2. The number of rotatable bonds is 3. The summed E-state index contributed by atoms with van der Waals surface area (Å²) in [5.41, 5.74) is 4.08. The third kappa shape index (κ3) is 2.77. The number of amides is 1. The van der Waals surface area contributed by atoms with Crippen LogP contribution in [0.5, 0.6) is 0 Å². The molecule has 0 bridgehead atoms. The van der Waals surface area contributed by atoms with Crippen LogP contribution in [0.25, 0.3) is 0 Å². The van der Waals surface area contributed by atoms with Gasteiger partial charge in [0, 0.05) is 11.4 Å². The summed E-state index contributed by atoms with van der Waals surface area (Å²) in [6, 6.07) is 13.2. The first-order valence-electron chi connectivity index (χ1n) is 7.23. The summed E-state index contributed by atoms with van der Waals surface area (Å²) >= 11 is 6.17. The van der Waals surface area contributed by atoms with E-state index in [2.05, 4.69) is 11.1 Å². The number of hydrogen-bond donors (Lipinski definition) is 0. The smallest absolute Gasteiger partial charge is 0.257 e. The number of nitrogens with zero attached hydrogens (tertiary/aromatic N) is 2. The van der Waals surface area contributed by atoms with E-state index in [9.17, 15) is 4.79 Å². The van der Waals surface area contributed by atoms with Gasteiger partial charge in [-0.2, -0.15) is 0 Å². The molecule has 0 fully saturated rings. The Morgan fingerprint density at radius 2 is 1.95 bits per heavy atom. The van der Waals surface area contributed by atoms with E-state index in [1.54, 1.807) is 11.2 Å². The Morgan fingerprint density at radius 3 is 2.68 bits per heavy atom. The molecule has 1 aliphatic rings. The minimum Gasteiger partial charge on any atom is -0.272 e. The lowest BCUT2D eigenvalue weighted by molar-refractivity contribution is -0.118. The first-order chi connectivity index (χ1) is 10.6. The van der Waals surface area contributed by atoms with Crippen molar-refractivity contribution in [3.05, 3.63) is 64.2 Å². The lowest BCUT2D eigenvalue weighted by Crippen LogP contribution is -2.32. The molecule has 4 heteroatoms. The Labute approximate surface area is 135 Å². The molecule has 1 heterocycles. The third-order valence-electron chi connectivity index (χ3n) is 3.87. The van der Waals surface area contributed by atoms with Crippen LogP contribution in [-0.4, -0.2) is 18.3 Å². The van der Waals surface area contributed by atoms with Crippen molar-refractivity contribution in [2.24, 2.45) is 4.99 Å². The predicted molar refractivity (Wildman–Crippen MR) is 90.8 cm³/mol. The standard InChI is InChI=1S/C18H17ClN2O/c1-12-7-8-17(13(2)9-12)21-11-20-16(18(21)22)10-14-5-3-4-6-15(14)19/h3-9,11,16H,10H2,1-2H3. The van der Waals surface area contributed by atoms with Gasteiger partial charge in [-0.1, -0.05) is 47.5 Å². The molecular formula is C18H17ClN2O. The molecule has 1 amide bonds. The van der Waals surface area contributed by atoms with Crippen molar-refractivity contribution >= 4 is 29.5 Å². The minimum absolute atomic E-state index is 0.00753. The first kappa shape index (κ1) is 14.8. The third-order valence-corrected chi connectivity index (χ3v) is 4.24. The highest BCUT2D eigenvalue weighted by Gasteiger charge is 2.30. The van der Waals surface area contributed by atoms with Gasteiger partial charge < -0.3 is 0 Å². The fourth-order valence-electron chi connectivity index (χ4n) is 2.70. The van der Waals surface area contributed by atoms with Gasteiger partial charge in [-0.05, 0) is 37.1 Å². The normalized spacial score (nSPS) is 17.3. The molecule has 2 aromatic rings. The molecule has 1 atom stereocenters. The van der Waals surface area contributed by atoms with Crippen molar-refractivity contribution in [1.29, 1.82) is 0 Å². The molecule has 0 spiro atoms. The van der Waals surface area contributed by atoms with Crippen LogP contribution < -0.4 is 4.90 Å². The minimum atomic E-state index is -0.402. The van der Waals surface area contributed by atoms with Gasteiger partial charge in [-0.3, -0.25) is 14.7 Å². The Hall–Kier alpha value is -2.13. The van der Waals surface area contributed by atoms with Crippen LogP contribution in [0, 0.1) is 13.8 Å². The van der Waals surface area contributed by atoms with Crippen LogP contribution in [0.4, 0.5) is 5.69 Å². The Kier molecular flexibility index (Phi) is 3.99. The van der Waals surface area contributed by atoms with Gasteiger partial charge in [0.25, 0.3) is 5.91 Å². The number of aliphatic imine (C=N–C) groups is 1. The van der Waals surface area contributed by atoms with E-state index in [0.29, 0.717) is 11.4 Å². The van der Waals surface area contributed by atoms with Gasteiger partial charge in [-0.15, -0.1) is 0 Å². The lowest BCUT2D eigenvalue weighted by atomic mass is 10.1. The van der Waals surface area contributed by atoms with Crippen LogP contribution in [0.15, 0.2) is 47.5 Å². The molecular weight excluding hydrogens is 296 g/mol. The lowest BCUT2D eigenvalue weighted by Gasteiger charge is -2.17. The fraction of sp³-hybridized carbons (Fsp3) is 0.222. The average Bonchev–Trinajstić information content (AvgIpc) is 2.83. The van der Waals surface area contributed by atoms with Crippen molar-refractivity contribution in [2.75, 3.05) is 4.90 Å². The summed E-state index contributed by atoms with van der Waals surface area (Å²) in [5, 5.41) is 0.676. The predicted octanol–water partition coefficient (Wildman–Crippen LogP) is 3.94. The van der Waals surface area contributed by atoms with Gasteiger partial charge in [0.1, 0.15) is 6.04 Å². The summed E-state index contributed by atoms with van der Waals surface area (Å²) in [4.78, 5) is 18.6. The summed E-state index contributed by atoms with van der Waals surface area (Å²) in [7, 11) is 0. The Morgan fingerprint density at radius 1 is 1.18 bits per heavy atom. The molecule has 1 unspecified atom stereocenters. The monoisotopic (exact) mass is 312 g/mol. The molecule has 0 radical (unpaired) electrons. The summed E-state index contributed by atoms with van der Waals surface area (Å²) in [6.45, 7) is 4.04. The van der Waals surface area contributed by atoms with E-state index in [1.165, 1.54) is 5.56 Å². The zero-order valence-corrected chi connectivity index (χ0v) is 13.3. The van der Waals surface area contributed by atoms with Crippen LogP contribution in [-0.2, 0) is 11.2 Å². The molecule has 3 nitrogen and oxygen atoms in total. The zero-order valence-electron chi connectivity index (χ0n) is 12.6. The van der Waals surface area contributed by atoms with E-state index >= 15 is 0 Å². The van der Waals surface area contributed by atoms with Crippen LogP contribution in [0.3, 0.4) is 0 Å². The van der Waals surface area contributed by atoms with Crippen molar-refractivity contribution < 1.29 is 4.79 Å². The first-order valence-corrected chi connectivity index (χ1v) is 7.61. The van der Waals surface area contributed by atoms with Gasteiger partial charge in [0.15, 0.2) is 0 Å². The number of carbonyl (C=O) groups is 1. The van der Waals surface area contributed by atoms with Crippen LogP contribution in [0.2, 0.25) is 5.02 Å². The number of halogens is 1. The highest BCUT2D eigenvalue weighted by atomic mass is 35.5. The highest BCUT2D eigenvalue weighted by molar-refractivity contribution is 6.31. The van der Waals surface area contributed by atoms with Crippen LogP contribution >= 0.6 is 11.6 Å². The van der Waals surface area contributed by atoms with Crippen molar-refractivity contribution in [3.63, 3.8) is 0 Å². The SMILES string of the molecule is Cc1ccc(N2C=NC(Cc3ccccc3Cl)C2=O)c(C)c1. The number of anilines is 1. The average molecular weight is 313 g/mol. The summed E-state index contributed by atoms with van der Waals surface area (Å²) < 4.78 is 0. The quantitative estimate of drug-likeness (QED) is 0.845. The Balaban J connectivity index is 1.81. The van der Waals surface area contributed by atoms with E-state index in [-0.39, 0.29) is 5.91 Å². The van der Waals surface area contributed by atoms with Gasteiger partial charge in [0.05, 0.1) is 12.0 Å². The largest absolute Gasteiger partial charge is 0.272 e. The second-order valence-corrected chi connectivity index (χ2v) is 5.98. The molecule has 2 aromatic carbocycles. The van der Waals surface area contributed by atoms with Gasteiger partial charge in [-0.25, -0.2) is 0 Å². The van der Waals surface area contributed by atoms with Gasteiger partial charge >= 0.3 is 0 Å². The molecule has 22 heavy (non-hydrogen) atoms. The maximum atomic E-state index is 12.6. The topological polar surface area (TPSA) is 32.7 Å². The molecule has 1 aliphatic heterocycles. The Bertz CT molecular complexity index is 755. The number of carbonyl (C=O) groups excluding carboxylic acids is 1. The molecule has 0 N–H and O–H groups in total. The summed E-state index contributed by atoms with van der Waals surface area (Å²) in [6.07, 6.45) is 2.15. The zero-order chi connectivity index (χ0) is 15.7. The number of hydrogen-bond acceptors (Lipinski definition) is 2. The number of aryl methyl sites for hydroxylation is 2. The van der Waals surface area contributed by atoms with E-state index in [4.69, 9.17) is 11.6 Å². The van der Waals surface area contributed by atoms with E-state index < -0.39 is 6.04 Å².